The van der Waals surface area contributed by atoms with Gasteiger partial charge in [-0.25, -0.2) is 4.98 Å². The van der Waals surface area contributed by atoms with Crippen LogP contribution in [0.3, 0.4) is 0 Å². The average Bonchev–Trinajstić information content (AvgIpc) is 3.05. The minimum Gasteiger partial charge on any atom is -0.312 e. The first-order valence-corrected chi connectivity index (χ1v) is 7.95. The van der Waals surface area contributed by atoms with E-state index >= 15 is 0 Å². The molecule has 0 aliphatic carbocycles. The number of carbonyl (C=O) groups is 2. The zero-order valence-electron chi connectivity index (χ0n) is 12.5. The lowest BCUT2D eigenvalue weighted by molar-refractivity contribution is -0.122. The molecular formula is C16H17N3O2S. The second-order valence-electron chi connectivity index (χ2n) is 5.51. The lowest BCUT2D eigenvalue weighted by atomic mass is 10.1. The third-order valence-corrected chi connectivity index (χ3v) is 4.49. The van der Waals surface area contributed by atoms with Crippen molar-refractivity contribution in [2.45, 2.75) is 20.3 Å². The highest BCUT2D eigenvalue weighted by atomic mass is 32.1. The zero-order chi connectivity index (χ0) is 15.7. The van der Waals surface area contributed by atoms with E-state index in [0.29, 0.717) is 11.7 Å². The van der Waals surface area contributed by atoms with Crippen molar-refractivity contribution in [2.24, 2.45) is 5.92 Å². The standard InChI is InChI=1S/C16H17N3O2S/c1-10-4-3-5-13(6-10)19-9-12(7-14(19)20)15(21)18-16-17-8-11(2)22-16/h3-6,8,12H,7,9H2,1-2H3,(H,17,18,21). The third kappa shape index (κ3) is 3.01. The summed E-state index contributed by atoms with van der Waals surface area (Å²) in [5.41, 5.74) is 1.95. The molecule has 0 saturated carbocycles. The summed E-state index contributed by atoms with van der Waals surface area (Å²) in [6.45, 7) is 4.34. The predicted molar refractivity (Wildman–Crippen MR) is 87.1 cm³/mol. The van der Waals surface area contributed by atoms with Gasteiger partial charge in [-0.15, -0.1) is 11.3 Å². The number of nitrogens with one attached hydrogen (secondary N) is 1. The van der Waals surface area contributed by atoms with Gasteiger partial charge in [-0.1, -0.05) is 12.1 Å². The van der Waals surface area contributed by atoms with Gasteiger partial charge in [0.1, 0.15) is 0 Å². The van der Waals surface area contributed by atoms with Crippen LogP contribution in [0.5, 0.6) is 0 Å². The molecule has 6 heteroatoms. The molecule has 114 valence electrons. The van der Waals surface area contributed by atoms with Gasteiger partial charge in [-0.3, -0.25) is 9.59 Å². The number of carbonyl (C=O) groups excluding carboxylic acids is 2. The van der Waals surface area contributed by atoms with Gasteiger partial charge in [0.05, 0.1) is 5.92 Å². The second kappa shape index (κ2) is 5.88. The smallest absolute Gasteiger partial charge is 0.231 e. The van der Waals surface area contributed by atoms with Crippen LogP contribution in [0.25, 0.3) is 0 Å². The van der Waals surface area contributed by atoms with Crippen LogP contribution in [0, 0.1) is 19.8 Å². The second-order valence-corrected chi connectivity index (χ2v) is 6.74. The molecule has 1 atom stereocenters. The van der Waals surface area contributed by atoms with E-state index in [1.807, 2.05) is 38.1 Å². The number of benzene rings is 1. The predicted octanol–water partition coefficient (Wildman–Crippen LogP) is 2.75. The molecule has 1 fully saturated rings. The SMILES string of the molecule is Cc1cccc(N2CC(C(=O)Nc3ncc(C)s3)CC2=O)c1. The highest BCUT2D eigenvalue weighted by Crippen LogP contribution is 2.27. The Morgan fingerprint density at radius 1 is 1.41 bits per heavy atom. The van der Waals surface area contributed by atoms with Crippen molar-refractivity contribution in [1.82, 2.24) is 4.98 Å². The molecule has 1 aliphatic rings. The lowest BCUT2D eigenvalue weighted by Gasteiger charge is -2.17. The highest BCUT2D eigenvalue weighted by molar-refractivity contribution is 7.15. The normalized spacial score (nSPS) is 17.8. The number of aryl methyl sites for hydroxylation is 2. The summed E-state index contributed by atoms with van der Waals surface area (Å²) in [6, 6.07) is 7.76. The van der Waals surface area contributed by atoms with Crippen molar-refractivity contribution in [2.75, 3.05) is 16.8 Å². The summed E-state index contributed by atoms with van der Waals surface area (Å²) in [7, 11) is 0. The third-order valence-electron chi connectivity index (χ3n) is 3.66. The number of aromatic nitrogens is 1. The fourth-order valence-electron chi connectivity index (χ4n) is 2.55. The van der Waals surface area contributed by atoms with E-state index in [4.69, 9.17) is 0 Å². The molecule has 5 nitrogen and oxygen atoms in total. The number of anilines is 2. The first kappa shape index (κ1) is 14.7. The summed E-state index contributed by atoms with van der Waals surface area (Å²) >= 11 is 1.43. The molecular weight excluding hydrogens is 298 g/mol. The van der Waals surface area contributed by atoms with E-state index in [-0.39, 0.29) is 24.2 Å². The molecule has 1 N–H and O–H groups in total. The van der Waals surface area contributed by atoms with Crippen LogP contribution in [0.2, 0.25) is 0 Å². The average molecular weight is 315 g/mol. The highest BCUT2D eigenvalue weighted by Gasteiger charge is 2.35. The van der Waals surface area contributed by atoms with Crippen molar-refractivity contribution in [1.29, 1.82) is 0 Å². The molecule has 0 spiro atoms. The number of thiazole rings is 1. The van der Waals surface area contributed by atoms with Crippen LogP contribution < -0.4 is 10.2 Å². The number of rotatable bonds is 3. The number of amides is 2. The summed E-state index contributed by atoms with van der Waals surface area (Å²) in [5, 5.41) is 3.39. The van der Waals surface area contributed by atoms with Gasteiger partial charge in [-0.05, 0) is 31.5 Å². The maximum atomic E-state index is 12.3. The van der Waals surface area contributed by atoms with Crippen LogP contribution in [0.4, 0.5) is 10.8 Å². The van der Waals surface area contributed by atoms with Gasteiger partial charge in [0.15, 0.2) is 5.13 Å². The zero-order valence-corrected chi connectivity index (χ0v) is 13.3. The van der Waals surface area contributed by atoms with Gasteiger partial charge < -0.3 is 10.2 Å². The fourth-order valence-corrected chi connectivity index (χ4v) is 3.22. The summed E-state index contributed by atoms with van der Waals surface area (Å²) < 4.78 is 0. The van der Waals surface area contributed by atoms with E-state index in [1.54, 1.807) is 11.1 Å². The molecule has 1 aromatic heterocycles. The van der Waals surface area contributed by atoms with Gasteiger partial charge in [0, 0.05) is 29.7 Å². The van der Waals surface area contributed by atoms with E-state index in [0.717, 1.165) is 16.1 Å². The van der Waals surface area contributed by atoms with Crippen molar-refractivity contribution < 1.29 is 9.59 Å². The summed E-state index contributed by atoms with van der Waals surface area (Å²) in [4.78, 5) is 31.3. The Labute approximate surface area is 133 Å². The van der Waals surface area contributed by atoms with Gasteiger partial charge in [0.25, 0.3) is 0 Å². The Morgan fingerprint density at radius 2 is 2.23 bits per heavy atom. The van der Waals surface area contributed by atoms with E-state index in [1.165, 1.54) is 11.3 Å². The minimum atomic E-state index is -0.336. The Hall–Kier alpha value is -2.21. The molecule has 1 aliphatic heterocycles. The number of nitrogens with zero attached hydrogens (tertiary/aromatic N) is 2. The molecule has 22 heavy (non-hydrogen) atoms. The monoisotopic (exact) mass is 315 g/mol. The molecule has 2 aromatic rings. The Kier molecular flexibility index (Phi) is 3.94. The first-order chi connectivity index (χ1) is 10.5. The number of hydrogen-bond donors (Lipinski definition) is 1. The molecule has 1 unspecified atom stereocenters. The molecule has 1 aromatic carbocycles. The largest absolute Gasteiger partial charge is 0.312 e. The van der Waals surface area contributed by atoms with E-state index < -0.39 is 0 Å². The molecule has 2 amide bonds. The number of hydrogen-bond acceptors (Lipinski definition) is 4. The Bertz CT molecular complexity index is 726. The molecule has 1 saturated heterocycles. The van der Waals surface area contributed by atoms with E-state index in [2.05, 4.69) is 10.3 Å². The lowest BCUT2D eigenvalue weighted by Crippen LogP contribution is -2.28. The van der Waals surface area contributed by atoms with Crippen molar-refractivity contribution in [3.05, 3.63) is 40.9 Å². The topological polar surface area (TPSA) is 62.3 Å². The first-order valence-electron chi connectivity index (χ1n) is 7.13. The van der Waals surface area contributed by atoms with E-state index in [9.17, 15) is 9.59 Å². The van der Waals surface area contributed by atoms with Gasteiger partial charge in [-0.2, -0.15) is 0 Å². The van der Waals surface area contributed by atoms with Gasteiger partial charge in [0.2, 0.25) is 11.8 Å². The van der Waals surface area contributed by atoms with Crippen molar-refractivity contribution in [3.63, 3.8) is 0 Å². The fraction of sp³-hybridized carbons (Fsp3) is 0.312. The van der Waals surface area contributed by atoms with Crippen LogP contribution >= 0.6 is 11.3 Å². The van der Waals surface area contributed by atoms with Crippen molar-refractivity contribution >= 4 is 34.0 Å². The molecule has 0 radical (unpaired) electrons. The molecule has 0 bridgehead atoms. The summed E-state index contributed by atoms with van der Waals surface area (Å²) in [5.74, 6) is -0.490. The summed E-state index contributed by atoms with van der Waals surface area (Å²) in [6.07, 6.45) is 1.96. The maximum absolute atomic E-state index is 12.3. The van der Waals surface area contributed by atoms with Crippen molar-refractivity contribution in [3.8, 4) is 0 Å². The van der Waals surface area contributed by atoms with Gasteiger partial charge >= 0.3 is 0 Å². The quantitative estimate of drug-likeness (QED) is 0.947. The Morgan fingerprint density at radius 3 is 2.91 bits per heavy atom. The maximum Gasteiger partial charge on any atom is 0.231 e. The van der Waals surface area contributed by atoms with Crippen LogP contribution in [0.1, 0.15) is 16.9 Å². The molecule has 3 rings (SSSR count). The van der Waals surface area contributed by atoms with Crippen LogP contribution in [-0.4, -0.2) is 23.3 Å². The van der Waals surface area contributed by atoms with Crippen LogP contribution in [-0.2, 0) is 9.59 Å². The van der Waals surface area contributed by atoms with Crippen LogP contribution in [0.15, 0.2) is 30.5 Å². The Balaban J connectivity index is 1.70. The molecule has 2 heterocycles. The minimum absolute atomic E-state index is 0.0129.